The monoisotopic (exact) mass is 297 g/mol. The van der Waals surface area contributed by atoms with Gasteiger partial charge in [0.25, 0.3) is 0 Å². The molecule has 1 heterocycles. The lowest BCUT2D eigenvalue weighted by Gasteiger charge is -2.14. The van der Waals surface area contributed by atoms with Gasteiger partial charge in [-0.3, -0.25) is 4.79 Å². The fourth-order valence-electron chi connectivity index (χ4n) is 1.80. The van der Waals surface area contributed by atoms with Gasteiger partial charge in [-0.1, -0.05) is 17.7 Å². The average Bonchev–Trinajstić information content (AvgIpc) is 2.94. The fraction of sp³-hybridized carbons (Fsp3) is 0.214. The van der Waals surface area contributed by atoms with Gasteiger partial charge in [0.15, 0.2) is 0 Å². The van der Waals surface area contributed by atoms with Gasteiger partial charge in [0.05, 0.1) is 19.3 Å². The highest BCUT2D eigenvalue weighted by atomic mass is 35.5. The summed E-state index contributed by atoms with van der Waals surface area (Å²) in [5.74, 6) is -0.556. The zero-order valence-corrected chi connectivity index (χ0v) is 11.2. The van der Waals surface area contributed by atoms with E-state index >= 15 is 0 Å². The molecule has 0 fully saturated rings. The van der Waals surface area contributed by atoms with Gasteiger partial charge in [0.1, 0.15) is 17.6 Å². The van der Waals surface area contributed by atoms with Crippen molar-refractivity contribution in [3.63, 3.8) is 0 Å². The molecule has 0 radical (unpaired) electrons. The Kier molecular flexibility index (Phi) is 4.76. The first kappa shape index (κ1) is 14.6. The number of carbonyl (C=O) groups excluding carboxylic acids is 1. The predicted molar refractivity (Wildman–Crippen MR) is 71.8 cm³/mol. The van der Waals surface area contributed by atoms with E-state index in [0.717, 1.165) is 0 Å². The maximum atomic E-state index is 13.6. The summed E-state index contributed by atoms with van der Waals surface area (Å²) in [6.45, 7) is -0.315. The number of aliphatic hydroxyl groups excluding tert-OH is 1. The Balaban J connectivity index is 2.05. The summed E-state index contributed by atoms with van der Waals surface area (Å²) < 4.78 is 18.7. The molecule has 0 bridgehead atoms. The number of rotatable bonds is 5. The Hall–Kier alpha value is -1.85. The molecule has 106 valence electrons. The Morgan fingerprint density at radius 3 is 2.80 bits per heavy atom. The molecule has 0 aliphatic heterocycles. The van der Waals surface area contributed by atoms with Gasteiger partial charge < -0.3 is 14.8 Å². The van der Waals surface area contributed by atoms with Gasteiger partial charge in [0.2, 0.25) is 5.91 Å². The minimum atomic E-state index is -0.664. The van der Waals surface area contributed by atoms with E-state index in [4.69, 9.17) is 16.0 Å². The summed E-state index contributed by atoms with van der Waals surface area (Å²) in [5.41, 5.74) is 0.128. The van der Waals surface area contributed by atoms with Gasteiger partial charge in [-0.15, -0.1) is 0 Å². The molecule has 0 aliphatic rings. The van der Waals surface area contributed by atoms with Gasteiger partial charge in [-0.05, 0) is 24.3 Å². The van der Waals surface area contributed by atoms with Gasteiger partial charge in [0, 0.05) is 10.6 Å². The van der Waals surface area contributed by atoms with Crippen molar-refractivity contribution in [2.75, 3.05) is 6.61 Å². The molecule has 1 amide bonds. The molecule has 6 heteroatoms. The van der Waals surface area contributed by atoms with Gasteiger partial charge >= 0.3 is 0 Å². The van der Waals surface area contributed by atoms with Crippen LogP contribution < -0.4 is 5.32 Å². The number of aliphatic hydroxyl groups is 1. The Morgan fingerprint density at radius 1 is 1.40 bits per heavy atom. The quantitative estimate of drug-likeness (QED) is 0.891. The molecule has 1 aromatic heterocycles. The second-order valence-corrected chi connectivity index (χ2v) is 4.60. The van der Waals surface area contributed by atoms with Crippen LogP contribution in [-0.2, 0) is 11.2 Å². The minimum Gasteiger partial charge on any atom is -0.467 e. The second-order valence-electron chi connectivity index (χ2n) is 4.20. The van der Waals surface area contributed by atoms with Crippen molar-refractivity contribution in [2.24, 2.45) is 0 Å². The van der Waals surface area contributed by atoms with Crippen LogP contribution in [0.25, 0.3) is 0 Å². The summed E-state index contributed by atoms with van der Waals surface area (Å²) in [7, 11) is 0. The van der Waals surface area contributed by atoms with Crippen molar-refractivity contribution >= 4 is 17.5 Å². The van der Waals surface area contributed by atoms with Crippen LogP contribution in [0, 0.1) is 5.82 Å². The van der Waals surface area contributed by atoms with Crippen molar-refractivity contribution < 1.29 is 18.7 Å². The van der Waals surface area contributed by atoms with Crippen LogP contribution in [0.1, 0.15) is 17.4 Å². The maximum absolute atomic E-state index is 13.6. The van der Waals surface area contributed by atoms with Gasteiger partial charge in [-0.2, -0.15) is 0 Å². The van der Waals surface area contributed by atoms with Crippen molar-refractivity contribution in [2.45, 2.75) is 12.5 Å². The van der Waals surface area contributed by atoms with Crippen LogP contribution >= 0.6 is 11.6 Å². The molecule has 2 N–H and O–H groups in total. The van der Waals surface area contributed by atoms with Crippen molar-refractivity contribution in [3.8, 4) is 0 Å². The van der Waals surface area contributed by atoms with Crippen LogP contribution in [0.4, 0.5) is 4.39 Å². The molecule has 1 aromatic carbocycles. The number of amides is 1. The highest BCUT2D eigenvalue weighted by molar-refractivity contribution is 6.31. The second kappa shape index (κ2) is 6.54. The van der Waals surface area contributed by atoms with E-state index in [0.29, 0.717) is 5.76 Å². The smallest absolute Gasteiger partial charge is 0.225 e. The first-order valence-corrected chi connectivity index (χ1v) is 6.36. The lowest BCUT2D eigenvalue weighted by Crippen LogP contribution is -2.32. The molecular weight excluding hydrogens is 285 g/mol. The molecular formula is C14H13ClFNO3. The number of halogens is 2. The molecule has 1 atom stereocenters. The van der Waals surface area contributed by atoms with E-state index in [1.54, 1.807) is 12.1 Å². The van der Waals surface area contributed by atoms with Crippen molar-refractivity contribution in [3.05, 3.63) is 58.8 Å². The lowest BCUT2D eigenvalue weighted by molar-refractivity contribution is -0.121. The van der Waals surface area contributed by atoms with Gasteiger partial charge in [-0.25, -0.2) is 4.39 Å². The normalized spacial score (nSPS) is 12.2. The number of carbonyl (C=O) groups is 1. The largest absolute Gasteiger partial charge is 0.467 e. The number of hydrogen-bond donors (Lipinski definition) is 2. The zero-order valence-electron chi connectivity index (χ0n) is 10.5. The topological polar surface area (TPSA) is 62.5 Å². The molecule has 4 nitrogen and oxygen atoms in total. The number of hydrogen-bond acceptors (Lipinski definition) is 3. The third-order valence-corrected chi connectivity index (χ3v) is 3.16. The molecule has 20 heavy (non-hydrogen) atoms. The standard InChI is InChI=1S/C14H13ClFNO3/c15-10-3-1-4-11(16)9(10)7-14(19)17-12(8-18)13-5-2-6-20-13/h1-6,12,18H,7-8H2,(H,17,19). The summed E-state index contributed by atoms with van der Waals surface area (Å²) in [5, 5.41) is 12.0. The van der Waals surface area contributed by atoms with E-state index in [-0.39, 0.29) is 23.6 Å². The van der Waals surface area contributed by atoms with Crippen molar-refractivity contribution in [1.29, 1.82) is 0 Å². The Morgan fingerprint density at radius 2 is 2.20 bits per heavy atom. The molecule has 0 aliphatic carbocycles. The van der Waals surface area contributed by atoms with Crippen LogP contribution in [0.15, 0.2) is 41.0 Å². The Bertz CT molecular complexity index is 566. The lowest BCUT2D eigenvalue weighted by atomic mass is 10.1. The van der Waals surface area contributed by atoms with Crippen molar-refractivity contribution in [1.82, 2.24) is 5.32 Å². The summed E-state index contributed by atoms with van der Waals surface area (Å²) in [4.78, 5) is 11.9. The van der Waals surface area contributed by atoms with E-state index < -0.39 is 17.8 Å². The van der Waals surface area contributed by atoms with Crippen LogP contribution in [0.5, 0.6) is 0 Å². The van der Waals surface area contributed by atoms with Crippen LogP contribution in [0.3, 0.4) is 0 Å². The SMILES string of the molecule is O=C(Cc1c(F)cccc1Cl)NC(CO)c1ccco1. The average molecular weight is 298 g/mol. The summed E-state index contributed by atoms with van der Waals surface area (Å²) in [6.07, 6.45) is 1.24. The molecule has 2 aromatic rings. The highest BCUT2D eigenvalue weighted by Gasteiger charge is 2.18. The van der Waals surface area contributed by atoms with E-state index in [1.807, 2.05) is 0 Å². The molecule has 2 rings (SSSR count). The third kappa shape index (κ3) is 3.37. The van der Waals surface area contributed by atoms with Crippen LogP contribution in [-0.4, -0.2) is 17.6 Å². The molecule has 0 spiro atoms. The zero-order chi connectivity index (χ0) is 14.5. The summed E-state index contributed by atoms with van der Waals surface area (Å²) in [6, 6.07) is 6.85. The van der Waals surface area contributed by atoms with Crippen LogP contribution in [0.2, 0.25) is 5.02 Å². The Labute approximate surface area is 120 Å². The number of furan rings is 1. The number of nitrogens with one attached hydrogen (secondary N) is 1. The molecule has 0 saturated heterocycles. The maximum Gasteiger partial charge on any atom is 0.225 e. The van der Waals surface area contributed by atoms with E-state index in [1.165, 1.54) is 24.5 Å². The van der Waals surface area contributed by atoms with E-state index in [2.05, 4.69) is 5.32 Å². The first-order valence-electron chi connectivity index (χ1n) is 5.98. The minimum absolute atomic E-state index is 0.128. The third-order valence-electron chi connectivity index (χ3n) is 2.80. The number of benzene rings is 1. The summed E-state index contributed by atoms with van der Waals surface area (Å²) >= 11 is 5.86. The highest BCUT2D eigenvalue weighted by Crippen LogP contribution is 2.20. The molecule has 0 saturated carbocycles. The predicted octanol–water partition coefficient (Wildman–Crippen LogP) is 2.46. The molecule has 1 unspecified atom stereocenters. The van der Waals surface area contributed by atoms with E-state index in [9.17, 15) is 14.3 Å². The fourth-order valence-corrected chi connectivity index (χ4v) is 2.03. The first-order chi connectivity index (χ1) is 9.61.